The Morgan fingerprint density at radius 1 is 1.04 bits per heavy atom. The van der Waals surface area contributed by atoms with Crippen LogP contribution in [0.3, 0.4) is 0 Å². The van der Waals surface area contributed by atoms with Gasteiger partial charge in [-0.25, -0.2) is 19.9 Å². The van der Waals surface area contributed by atoms with E-state index in [1.54, 1.807) is 17.5 Å². The first-order valence-corrected chi connectivity index (χ1v) is 10.1. The zero-order valence-electron chi connectivity index (χ0n) is 16.3. The first kappa shape index (κ1) is 18.6. The Morgan fingerprint density at radius 2 is 1.86 bits per heavy atom. The van der Waals surface area contributed by atoms with Crippen molar-refractivity contribution in [2.24, 2.45) is 0 Å². The van der Waals surface area contributed by atoms with Crippen LogP contribution in [0.15, 0.2) is 30.6 Å². The van der Waals surface area contributed by atoms with Crippen LogP contribution in [-0.2, 0) is 0 Å². The van der Waals surface area contributed by atoms with Gasteiger partial charge in [-0.1, -0.05) is 11.3 Å². The highest BCUT2D eigenvalue weighted by Crippen LogP contribution is 2.31. The number of anilines is 4. The molecule has 0 bridgehead atoms. The van der Waals surface area contributed by atoms with E-state index in [0.29, 0.717) is 5.95 Å². The summed E-state index contributed by atoms with van der Waals surface area (Å²) in [5, 5.41) is 7.21. The fourth-order valence-electron chi connectivity index (χ4n) is 3.10. The first-order chi connectivity index (χ1) is 13.6. The van der Waals surface area contributed by atoms with Crippen LogP contribution >= 0.6 is 11.3 Å². The van der Waals surface area contributed by atoms with Crippen LogP contribution in [0.5, 0.6) is 0 Å². The molecule has 146 valence electrons. The molecule has 0 aromatic carbocycles. The Morgan fingerprint density at radius 3 is 2.54 bits per heavy atom. The Kier molecular flexibility index (Phi) is 5.36. The number of nitrogens with zero attached hydrogens (tertiary/aromatic N) is 6. The molecule has 8 nitrogen and oxygen atoms in total. The van der Waals surface area contributed by atoms with Gasteiger partial charge < -0.3 is 20.4 Å². The van der Waals surface area contributed by atoms with Gasteiger partial charge in [0, 0.05) is 39.4 Å². The second-order valence-electron chi connectivity index (χ2n) is 6.77. The van der Waals surface area contributed by atoms with Gasteiger partial charge in [-0.15, -0.1) is 0 Å². The van der Waals surface area contributed by atoms with E-state index in [-0.39, 0.29) is 0 Å². The maximum atomic E-state index is 4.64. The summed E-state index contributed by atoms with van der Waals surface area (Å²) in [5.41, 5.74) is 2.68. The van der Waals surface area contributed by atoms with Gasteiger partial charge in [0.15, 0.2) is 5.13 Å². The molecule has 0 unspecified atom stereocenters. The Labute approximate surface area is 168 Å². The van der Waals surface area contributed by atoms with Gasteiger partial charge in [-0.05, 0) is 32.2 Å². The second-order valence-corrected chi connectivity index (χ2v) is 7.77. The third kappa shape index (κ3) is 4.05. The summed E-state index contributed by atoms with van der Waals surface area (Å²) >= 11 is 1.58. The number of rotatable bonds is 5. The summed E-state index contributed by atoms with van der Waals surface area (Å²) in [7, 11) is 4.02. The molecule has 0 aliphatic carbocycles. The van der Waals surface area contributed by atoms with E-state index in [1.165, 1.54) is 0 Å². The van der Waals surface area contributed by atoms with Gasteiger partial charge in [-0.2, -0.15) is 0 Å². The molecule has 0 amide bonds. The lowest BCUT2D eigenvalue weighted by Crippen LogP contribution is -2.44. The highest BCUT2D eigenvalue weighted by atomic mass is 32.1. The van der Waals surface area contributed by atoms with E-state index in [2.05, 4.69) is 47.4 Å². The average Bonchev–Trinajstić information content (AvgIpc) is 3.10. The number of thiazole rings is 1. The van der Waals surface area contributed by atoms with E-state index in [0.717, 1.165) is 59.1 Å². The SMILES string of the molecule is CNc1nc(C)c(-c2ccnc(Nc3ccc(N4CCN(C)CC4)nc3)n2)s1. The van der Waals surface area contributed by atoms with Crippen molar-refractivity contribution in [3.05, 3.63) is 36.3 Å². The summed E-state index contributed by atoms with van der Waals surface area (Å²) in [6.45, 7) is 6.13. The van der Waals surface area contributed by atoms with Gasteiger partial charge in [0.05, 0.1) is 28.1 Å². The molecule has 1 saturated heterocycles. The number of nitrogens with one attached hydrogen (secondary N) is 2. The summed E-state index contributed by atoms with van der Waals surface area (Å²) < 4.78 is 0. The van der Waals surface area contributed by atoms with Crippen molar-refractivity contribution in [1.82, 2.24) is 24.8 Å². The van der Waals surface area contributed by atoms with Crippen LogP contribution < -0.4 is 15.5 Å². The molecule has 1 aliphatic rings. The van der Waals surface area contributed by atoms with Crippen LogP contribution in [0.25, 0.3) is 10.6 Å². The van der Waals surface area contributed by atoms with Crippen molar-refractivity contribution in [2.75, 3.05) is 55.8 Å². The summed E-state index contributed by atoms with van der Waals surface area (Å²) in [6, 6.07) is 5.97. The number of piperazine rings is 1. The van der Waals surface area contributed by atoms with Gasteiger partial charge in [0.1, 0.15) is 5.82 Å². The molecule has 4 heterocycles. The van der Waals surface area contributed by atoms with E-state index < -0.39 is 0 Å². The molecular formula is C19H24N8S. The Bertz CT molecular complexity index is 931. The molecule has 0 saturated carbocycles. The summed E-state index contributed by atoms with van der Waals surface area (Å²) in [6.07, 6.45) is 3.59. The van der Waals surface area contributed by atoms with E-state index in [4.69, 9.17) is 0 Å². The topological polar surface area (TPSA) is 82.1 Å². The minimum absolute atomic E-state index is 0.547. The molecule has 3 aromatic rings. The molecule has 28 heavy (non-hydrogen) atoms. The largest absolute Gasteiger partial charge is 0.365 e. The van der Waals surface area contributed by atoms with Crippen molar-refractivity contribution < 1.29 is 0 Å². The molecular weight excluding hydrogens is 372 g/mol. The maximum absolute atomic E-state index is 4.64. The van der Waals surface area contributed by atoms with Crippen molar-refractivity contribution in [3.8, 4) is 10.6 Å². The standard InChI is InChI=1S/C19H24N8S/c1-13-17(28-19(20-2)23-13)15-6-7-21-18(25-15)24-14-4-5-16(22-12-14)27-10-8-26(3)9-11-27/h4-7,12H,8-11H2,1-3H3,(H,20,23)(H,21,24,25). The third-order valence-corrected chi connectivity index (χ3v) is 5.93. The van der Waals surface area contributed by atoms with Crippen molar-refractivity contribution in [3.63, 3.8) is 0 Å². The van der Waals surface area contributed by atoms with Crippen LogP contribution in [0.4, 0.5) is 22.6 Å². The van der Waals surface area contributed by atoms with E-state index in [9.17, 15) is 0 Å². The lowest BCUT2D eigenvalue weighted by molar-refractivity contribution is 0.312. The Hall–Kier alpha value is -2.78. The maximum Gasteiger partial charge on any atom is 0.227 e. The van der Waals surface area contributed by atoms with Crippen LogP contribution in [0.2, 0.25) is 0 Å². The minimum Gasteiger partial charge on any atom is -0.365 e. The number of aromatic nitrogens is 4. The normalized spacial score (nSPS) is 14.9. The number of hydrogen-bond donors (Lipinski definition) is 2. The quantitative estimate of drug-likeness (QED) is 0.681. The molecule has 0 atom stereocenters. The molecule has 0 spiro atoms. The van der Waals surface area contributed by atoms with Gasteiger partial charge in [0.25, 0.3) is 0 Å². The van der Waals surface area contributed by atoms with Gasteiger partial charge >= 0.3 is 0 Å². The highest BCUT2D eigenvalue weighted by Gasteiger charge is 2.15. The van der Waals surface area contributed by atoms with Gasteiger partial charge in [-0.3, -0.25) is 0 Å². The zero-order valence-corrected chi connectivity index (χ0v) is 17.1. The highest BCUT2D eigenvalue weighted by molar-refractivity contribution is 7.19. The third-order valence-electron chi connectivity index (χ3n) is 4.73. The summed E-state index contributed by atoms with van der Waals surface area (Å²) in [5.74, 6) is 1.55. The lowest BCUT2D eigenvalue weighted by Gasteiger charge is -2.33. The molecule has 1 fully saturated rings. The number of pyridine rings is 1. The molecule has 3 aromatic heterocycles. The van der Waals surface area contributed by atoms with Crippen molar-refractivity contribution in [1.29, 1.82) is 0 Å². The van der Waals surface area contributed by atoms with Gasteiger partial charge in [0.2, 0.25) is 5.95 Å². The van der Waals surface area contributed by atoms with Crippen molar-refractivity contribution >= 4 is 33.9 Å². The smallest absolute Gasteiger partial charge is 0.227 e. The fourth-order valence-corrected chi connectivity index (χ4v) is 3.99. The minimum atomic E-state index is 0.547. The number of likely N-dealkylation sites (N-methyl/N-ethyl adjacent to an activating group) is 1. The lowest BCUT2D eigenvalue weighted by atomic mass is 10.3. The summed E-state index contributed by atoms with van der Waals surface area (Å²) in [4.78, 5) is 23.8. The zero-order chi connectivity index (χ0) is 19.5. The van der Waals surface area contributed by atoms with Crippen LogP contribution in [0.1, 0.15) is 5.69 Å². The first-order valence-electron chi connectivity index (χ1n) is 9.27. The predicted molar refractivity (Wildman–Crippen MR) is 115 cm³/mol. The monoisotopic (exact) mass is 396 g/mol. The predicted octanol–water partition coefficient (Wildman–Crippen LogP) is 2.84. The van der Waals surface area contributed by atoms with Crippen LogP contribution in [-0.4, -0.2) is 65.1 Å². The molecule has 9 heteroatoms. The number of hydrogen-bond acceptors (Lipinski definition) is 9. The molecule has 0 radical (unpaired) electrons. The Balaban J connectivity index is 1.48. The van der Waals surface area contributed by atoms with Crippen LogP contribution in [0, 0.1) is 6.92 Å². The second kappa shape index (κ2) is 8.07. The molecule has 1 aliphatic heterocycles. The van der Waals surface area contributed by atoms with Crippen molar-refractivity contribution in [2.45, 2.75) is 6.92 Å². The molecule has 4 rings (SSSR count). The fraction of sp³-hybridized carbons (Fsp3) is 0.368. The van der Waals surface area contributed by atoms with E-state index >= 15 is 0 Å². The molecule has 2 N–H and O–H groups in total. The average molecular weight is 397 g/mol. The number of aryl methyl sites for hydroxylation is 1. The van der Waals surface area contributed by atoms with E-state index in [1.807, 2.05) is 38.4 Å².